The zero-order chi connectivity index (χ0) is 13.9. The van der Waals surface area contributed by atoms with Gasteiger partial charge in [0.15, 0.2) is 0 Å². The largest absolute Gasteiger partial charge is 0.493 e. The lowest BCUT2D eigenvalue weighted by molar-refractivity contribution is -0.116. The van der Waals surface area contributed by atoms with E-state index in [0.717, 1.165) is 23.3 Å². The lowest BCUT2D eigenvalue weighted by Gasteiger charge is -2.10. The van der Waals surface area contributed by atoms with Gasteiger partial charge in [-0.1, -0.05) is 24.4 Å². The average molecular weight is 311 g/mol. The molecule has 0 bridgehead atoms. The number of hydrogen-bond acceptors (Lipinski definition) is 3. The second kappa shape index (κ2) is 6.40. The number of benzene rings is 1. The van der Waals surface area contributed by atoms with E-state index in [9.17, 15) is 4.79 Å². The number of ether oxygens (including phenoxy) is 1. The van der Waals surface area contributed by atoms with Crippen molar-refractivity contribution in [1.29, 1.82) is 0 Å². The van der Waals surface area contributed by atoms with Crippen molar-refractivity contribution >= 4 is 29.1 Å². The molecule has 1 aromatic rings. The van der Waals surface area contributed by atoms with E-state index in [4.69, 9.17) is 16.3 Å². The van der Waals surface area contributed by atoms with Crippen molar-refractivity contribution in [3.63, 3.8) is 0 Å². The first kappa shape index (κ1) is 14.3. The Kier molecular flexibility index (Phi) is 4.57. The summed E-state index contributed by atoms with van der Waals surface area (Å²) in [6.45, 7) is 0.702. The molecule has 0 amide bonds. The lowest BCUT2D eigenvalue weighted by Crippen LogP contribution is -2.09. The molecular formula is C16H19ClO2S. The lowest BCUT2D eigenvalue weighted by atomic mass is 10.0. The van der Waals surface area contributed by atoms with Gasteiger partial charge in [0.2, 0.25) is 0 Å². The van der Waals surface area contributed by atoms with Gasteiger partial charge in [0, 0.05) is 28.7 Å². The van der Waals surface area contributed by atoms with E-state index < -0.39 is 0 Å². The third-order valence-corrected chi connectivity index (χ3v) is 5.64. The normalized spacial score (nSPS) is 18.1. The van der Waals surface area contributed by atoms with Crippen LogP contribution in [0.2, 0.25) is 5.02 Å². The van der Waals surface area contributed by atoms with E-state index in [1.54, 1.807) is 0 Å². The molecule has 0 spiro atoms. The number of carbonyl (C=O) groups excluding carboxylic acids is 1. The van der Waals surface area contributed by atoms with Crippen LogP contribution in [0.5, 0.6) is 5.75 Å². The Hall–Kier alpha value is -0.670. The van der Waals surface area contributed by atoms with Crippen molar-refractivity contribution in [1.82, 2.24) is 0 Å². The molecule has 2 aliphatic rings. The first-order valence-electron chi connectivity index (χ1n) is 7.30. The number of carbonyl (C=O) groups is 1. The summed E-state index contributed by atoms with van der Waals surface area (Å²) < 4.78 is 5.65. The van der Waals surface area contributed by atoms with Gasteiger partial charge < -0.3 is 4.74 Å². The first-order chi connectivity index (χ1) is 9.72. The molecule has 0 aromatic heterocycles. The summed E-state index contributed by atoms with van der Waals surface area (Å²) in [6.07, 6.45) is 6.53. The van der Waals surface area contributed by atoms with Crippen LogP contribution in [0.15, 0.2) is 12.1 Å². The van der Waals surface area contributed by atoms with Crippen molar-refractivity contribution in [3.05, 3.63) is 28.3 Å². The molecule has 1 saturated carbocycles. The molecule has 1 aliphatic heterocycles. The van der Waals surface area contributed by atoms with Gasteiger partial charge in [-0.25, -0.2) is 0 Å². The van der Waals surface area contributed by atoms with Gasteiger partial charge in [0.25, 0.3) is 0 Å². The second-order valence-electron chi connectivity index (χ2n) is 5.58. The maximum Gasteiger partial charge on any atom is 0.147 e. The molecule has 0 atom stereocenters. The van der Waals surface area contributed by atoms with Crippen molar-refractivity contribution in [2.45, 2.75) is 43.8 Å². The summed E-state index contributed by atoms with van der Waals surface area (Å²) in [5.41, 5.74) is 2.10. The van der Waals surface area contributed by atoms with Crippen LogP contribution >= 0.6 is 23.4 Å². The molecule has 108 valence electrons. The number of thioether (sulfide) groups is 1. The van der Waals surface area contributed by atoms with Crippen molar-refractivity contribution in [3.8, 4) is 5.75 Å². The fraction of sp³-hybridized carbons (Fsp3) is 0.562. The smallest absolute Gasteiger partial charge is 0.147 e. The standard InChI is InChI=1S/C16H19ClO2S/c17-13-7-11-5-6-19-16(11)12(8-13)9-14(18)10-20-15-3-1-2-4-15/h7-8,15H,1-6,9-10H2. The number of fused-ring (bicyclic) bond motifs is 1. The van der Waals surface area contributed by atoms with Crippen molar-refractivity contribution in [2.75, 3.05) is 12.4 Å². The molecule has 4 heteroatoms. The SMILES string of the molecule is O=C(CSC1CCCC1)Cc1cc(Cl)cc2c1OCC2. The average Bonchev–Trinajstić information content (AvgIpc) is 3.06. The van der Waals surface area contributed by atoms with E-state index in [0.29, 0.717) is 29.1 Å². The summed E-state index contributed by atoms with van der Waals surface area (Å²) in [5.74, 6) is 1.79. The van der Waals surface area contributed by atoms with Crippen LogP contribution in [-0.2, 0) is 17.6 Å². The first-order valence-corrected chi connectivity index (χ1v) is 8.72. The van der Waals surface area contributed by atoms with E-state index in [2.05, 4.69) is 0 Å². The third kappa shape index (κ3) is 3.32. The predicted molar refractivity (Wildman–Crippen MR) is 84.1 cm³/mol. The Morgan fingerprint density at radius 3 is 2.95 bits per heavy atom. The molecule has 0 unspecified atom stereocenters. The number of rotatable bonds is 5. The van der Waals surface area contributed by atoms with Gasteiger partial charge in [-0.15, -0.1) is 0 Å². The summed E-state index contributed by atoms with van der Waals surface area (Å²) in [7, 11) is 0. The fourth-order valence-electron chi connectivity index (χ4n) is 3.01. The van der Waals surface area contributed by atoms with Crippen molar-refractivity contribution < 1.29 is 9.53 Å². The Morgan fingerprint density at radius 1 is 1.35 bits per heavy atom. The molecule has 0 N–H and O–H groups in total. The molecular weight excluding hydrogens is 292 g/mol. The summed E-state index contributed by atoms with van der Waals surface area (Å²) in [6, 6.07) is 3.83. The van der Waals surface area contributed by atoms with Crippen LogP contribution in [-0.4, -0.2) is 23.4 Å². The third-order valence-electron chi connectivity index (χ3n) is 4.00. The maximum absolute atomic E-state index is 12.2. The number of hydrogen-bond donors (Lipinski definition) is 0. The van der Waals surface area contributed by atoms with Crippen LogP contribution in [0.1, 0.15) is 36.8 Å². The fourth-order valence-corrected chi connectivity index (χ4v) is 4.46. The molecule has 2 nitrogen and oxygen atoms in total. The van der Waals surface area contributed by atoms with Crippen LogP contribution in [0.25, 0.3) is 0 Å². The summed E-state index contributed by atoms with van der Waals surface area (Å²) in [4.78, 5) is 12.2. The quantitative estimate of drug-likeness (QED) is 0.820. The highest BCUT2D eigenvalue weighted by atomic mass is 35.5. The van der Waals surface area contributed by atoms with Crippen LogP contribution in [0.4, 0.5) is 0 Å². The van der Waals surface area contributed by atoms with E-state index >= 15 is 0 Å². The highest BCUT2D eigenvalue weighted by Crippen LogP contribution is 2.34. The number of ketones is 1. The molecule has 20 heavy (non-hydrogen) atoms. The molecule has 1 aliphatic carbocycles. The zero-order valence-electron chi connectivity index (χ0n) is 11.5. The van der Waals surface area contributed by atoms with Crippen molar-refractivity contribution in [2.24, 2.45) is 0 Å². The van der Waals surface area contributed by atoms with Crippen LogP contribution < -0.4 is 4.74 Å². The maximum atomic E-state index is 12.2. The summed E-state index contributed by atoms with van der Waals surface area (Å²) >= 11 is 7.95. The van der Waals surface area contributed by atoms with Gasteiger partial charge >= 0.3 is 0 Å². The van der Waals surface area contributed by atoms with Crippen LogP contribution in [0.3, 0.4) is 0 Å². The van der Waals surface area contributed by atoms with Gasteiger partial charge in [0.05, 0.1) is 12.4 Å². The monoisotopic (exact) mass is 310 g/mol. The topological polar surface area (TPSA) is 26.3 Å². The molecule has 0 saturated heterocycles. The highest BCUT2D eigenvalue weighted by molar-refractivity contribution is 8.00. The van der Waals surface area contributed by atoms with Gasteiger partial charge in [-0.3, -0.25) is 4.79 Å². The molecule has 1 fully saturated rings. The minimum absolute atomic E-state index is 0.280. The molecule has 1 aromatic carbocycles. The van der Waals surface area contributed by atoms with Crippen LogP contribution in [0, 0.1) is 0 Å². The zero-order valence-corrected chi connectivity index (χ0v) is 13.1. The predicted octanol–water partition coefficient (Wildman–Crippen LogP) is 4.06. The molecule has 0 radical (unpaired) electrons. The van der Waals surface area contributed by atoms with E-state index in [1.165, 1.54) is 25.7 Å². The second-order valence-corrected chi connectivity index (χ2v) is 7.31. The Morgan fingerprint density at radius 2 is 2.15 bits per heavy atom. The highest BCUT2D eigenvalue weighted by Gasteiger charge is 2.21. The number of halogens is 1. The van der Waals surface area contributed by atoms with E-state index in [-0.39, 0.29) is 5.78 Å². The molecule has 1 heterocycles. The minimum atomic E-state index is 0.280. The minimum Gasteiger partial charge on any atom is -0.493 e. The van der Waals surface area contributed by atoms with Gasteiger partial charge in [-0.2, -0.15) is 11.8 Å². The Bertz CT molecular complexity index is 509. The Balaban J connectivity index is 1.61. The molecule has 3 rings (SSSR count). The van der Waals surface area contributed by atoms with Gasteiger partial charge in [-0.05, 0) is 30.5 Å². The van der Waals surface area contributed by atoms with E-state index in [1.807, 2.05) is 23.9 Å². The number of Topliss-reactive ketones (excluding diaryl/α,β-unsaturated/α-hetero) is 1. The summed E-state index contributed by atoms with van der Waals surface area (Å²) in [5, 5.41) is 1.40. The van der Waals surface area contributed by atoms with Gasteiger partial charge in [0.1, 0.15) is 11.5 Å². The Labute approximate surface area is 129 Å².